The van der Waals surface area contributed by atoms with Gasteiger partial charge in [0.1, 0.15) is 4.21 Å². The lowest BCUT2D eigenvalue weighted by Gasteiger charge is -2.18. The smallest absolute Gasteiger partial charge is 0.335 e. The number of anilines is 1. The van der Waals surface area contributed by atoms with E-state index in [0.717, 1.165) is 15.6 Å². The highest BCUT2D eigenvalue weighted by Crippen LogP contribution is 2.36. The largest absolute Gasteiger partial charge is 0.478 e. The fourth-order valence-corrected chi connectivity index (χ4v) is 5.31. The molecule has 0 unspecified atom stereocenters. The van der Waals surface area contributed by atoms with Crippen molar-refractivity contribution in [2.24, 2.45) is 0 Å². The second-order valence-electron chi connectivity index (χ2n) is 4.01. The molecule has 112 valence electrons. The van der Waals surface area contributed by atoms with Crippen molar-refractivity contribution in [3.8, 4) is 0 Å². The molecule has 2 aromatic rings. The molecule has 21 heavy (non-hydrogen) atoms. The molecule has 1 aromatic heterocycles. The summed E-state index contributed by atoms with van der Waals surface area (Å²) in [6.07, 6.45) is 0. The summed E-state index contributed by atoms with van der Waals surface area (Å²) in [5.74, 6) is -1.07. The second-order valence-corrected chi connectivity index (χ2v) is 8.99. The van der Waals surface area contributed by atoms with Crippen LogP contribution in [0.5, 0.6) is 0 Å². The predicted octanol–water partition coefficient (Wildman–Crippen LogP) is 3.69. The van der Waals surface area contributed by atoms with Gasteiger partial charge in [0.15, 0.2) is 0 Å². The van der Waals surface area contributed by atoms with Gasteiger partial charge in [0.2, 0.25) is 0 Å². The van der Waals surface area contributed by atoms with Crippen molar-refractivity contribution in [3.05, 3.63) is 44.7 Å². The molecule has 0 aliphatic carbocycles. The van der Waals surface area contributed by atoms with Crippen molar-refractivity contribution >= 4 is 60.5 Å². The van der Waals surface area contributed by atoms with Gasteiger partial charge in [-0.25, -0.2) is 13.2 Å². The minimum absolute atomic E-state index is 0.0893. The molecule has 0 saturated heterocycles. The minimum Gasteiger partial charge on any atom is -0.478 e. The average Bonchev–Trinajstić information content (AvgIpc) is 2.78. The molecule has 0 bridgehead atoms. The summed E-state index contributed by atoms with van der Waals surface area (Å²) in [7, 11) is -2.34. The predicted molar refractivity (Wildman–Crippen MR) is 86.0 cm³/mol. The van der Waals surface area contributed by atoms with Crippen LogP contribution in [-0.4, -0.2) is 26.5 Å². The van der Waals surface area contributed by atoms with Gasteiger partial charge in [0.25, 0.3) is 10.0 Å². The highest BCUT2D eigenvalue weighted by Gasteiger charge is 2.24. The van der Waals surface area contributed by atoms with Crippen molar-refractivity contribution < 1.29 is 18.3 Å². The summed E-state index contributed by atoms with van der Waals surface area (Å²) in [6.45, 7) is 0. The van der Waals surface area contributed by atoms with Crippen molar-refractivity contribution in [2.75, 3.05) is 11.4 Å². The molecule has 1 heterocycles. The van der Waals surface area contributed by atoms with E-state index < -0.39 is 16.0 Å². The van der Waals surface area contributed by atoms with Crippen LogP contribution in [0.25, 0.3) is 0 Å². The standard InChI is InChI=1S/C12H9BrClNO4S2/c1-15(8-4-2-7(3-5-8)12(16)17)21(18,19)10-6-9(14)11(13)20-10/h2-6H,1H3,(H,16,17). The summed E-state index contributed by atoms with van der Waals surface area (Å²) >= 11 is 10.0. The zero-order valence-electron chi connectivity index (χ0n) is 10.6. The number of aromatic carboxylic acids is 1. The Labute approximate surface area is 139 Å². The third kappa shape index (κ3) is 3.23. The lowest BCUT2D eigenvalue weighted by atomic mass is 10.2. The number of thiophene rings is 1. The zero-order valence-corrected chi connectivity index (χ0v) is 14.6. The fraction of sp³-hybridized carbons (Fsp3) is 0.0833. The number of halogens is 2. The summed E-state index contributed by atoms with van der Waals surface area (Å²) in [4.78, 5) is 10.8. The van der Waals surface area contributed by atoms with Crippen LogP contribution in [0.1, 0.15) is 10.4 Å². The maximum atomic E-state index is 12.5. The lowest BCUT2D eigenvalue weighted by molar-refractivity contribution is 0.0697. The van der Waals surface area contributed by atoms with Crippen LogP contribution < -0.4 is 4.31 Å². The van der Waals surface area contributed by atoms with Crippen LogP contribution in [0.2, 0.25) is 5.02 Å². The quantitative estimate of drug-likeness (QED) is 0.834. The van der Waals surface area contributed by atoms with Gasteiger partial charge in [0.05, 0.1) is 20.1 Å². The number of hydrogen-bond donors (Lipinski definition) is 1. The van der Waals surface area contributed by atoms with E-state index in [0.29, 0.717) is 14.5 Å². The van der Waals surface area contributed by atoms with Crippen molar-refractivity contribution in [2.45, 2.75) is 4.21 Å². The van der Waals surface area contributed by atoms with Gasteiger partial charge in [-0.2, -0.15) is 0 Å². The van der Waals surface area contributed by atoms with E-state index in [9.17, 15) is 13.2 Å². The van der Waals surface area contributed by atoms with Crippen molar-refractivity contribution in [1.29, 1.82) is 0 Å². The number of carboxylic acids is 1. The summed E-state index contributed by atoms with van der Waals surface area (Å²) < 4.78 is 26.6. The first kappa shape index (κ1) is 16.3. The lowest BCUT2D eigenvalue weighted by Crippen LogP contribution is -2.25. The molecule has 0 saturated carbocycles. The number of carboxylic acid groups (broad SMARTS) is 1. The number of carbonyl (C=O) groups is 1. The monoisotopic (exact) mass is 409 g/mol. The van der Waals surface area contributed by atoms with Crippen LogP contribution >= 0.6 is 38.9 Å². The van der Waals surface area contributed by atoms with Gasteiger partial charge < -0.3 is 5.11 Å². The molecule has 0 amide bonds. The SMILES string of the molecule is CN(c1ccc(C(=O)O)cc1)S(=O)(=O)c1cc(Cl)c(Br)s1. The fourth-order valence-electron chi connectivity index (χ4n) is 1.54. The molecule has 0 atom stereocenters. The Hall–Kier alpha value is -1.09. The molecule has 5 nitrogen and oxygen atoms in total. The Morgan fingerprint density at radius 3 is 2.33 bits per heavy atom. The van der Waals surface area contributed by atoms with Gasteiger partial charge in [-0.3, -0.25) is 4.31 Å². The maximum Gasteiger partial charge on any atom is 0.335 e. The van der Waals surface area contributed by atoms with E-state index in [2.05, 4.69) is 15.9 Å². The Morgan fingerprint density at radius 1 is 1.33 bits per heavy atom. The van der Waals surface area contributed by atoms with E-state index in [-0.39, 0.29) is 9.77 Å². The zero-order chi connectivity index (χ0) is 15.8. The Kier molecular flexibility index (Phi) is 4.62. The molecule has 0 aliphatic rings. The molecule has 1 aromatic carbocycles. The molecule has 0 spiro atoms. The molecule has 1 N–H and O–H groups in total. The van der Waals surface area contributed by atoms with Gasteiger partial charge in [-0.15, -0.1) is 11.3 Å². The molecule has 2 rings (SSSR count). The third-order valence-corrected chi connectivity index (χ3v) is 7.42. The van der Waals surface area contributed by atoms with Crippen LogP contribution in [0.15, 0.2) is 38.3 Å². The number of sulfonamides is 1. The van der Waals surface area contributed by atoms with E-state index in [1.807, 2.05) is 0 Å². The van der Waals surface area contributed by atoms with E-state index in [1.165, 1.54) is 37.4 Å². The summed E-state index contributed by atoms with van der Waals surface area (Å²) in [5.41, 5.74) is 0.451. The van der Waals surface area contributed by atoms with E-state index >= 15 is 0 Å². The van der Waals surface area contributed by atoms with Crippen LogP contribution in [0, 0.1) is 0 Å². The first-order valence-corrected chi connectivity index (χ1v) is 8.93. The highest BCUT2D eigenvalue weighted by molar-refractivity contribution is 9.11. The van der Waals surface area contributed by atoms with Gasteiger partial charge in [-0.1, -0.05) is 11.6 Å². The van der Waals surface area contributed by atoms with E-state index in [4.69, 9.17) is 16.7 Å². The van der Waals surface area contributed by atoms with Crippen LogP contribution in [0.4, 0.5) is 5.69 Å². The third-order valence-electron chi connectivity index (χ3n) is 2.72. The molecule has 0 fully saturated rings. The summed E-state index contributed by atoms with van der Waals surface area (Å²) in [5, 5.41) is 9.16. The normalized spacial score (nSPS) is 11.4. The van der Waals surface area contributed by atoms with E-state index in [1.54, 1.807) is 0 Å². The van der Waals surface area contributed by atoms with Crippen LogP contribution in [0.3, 0.4) is 0 Å². The number of nitrogens with zero attached hydrogens (tertiary/aromatic N) is 1. The molecule has 9 heteroatoms. The number of rotatable bonds is 4. The summed E-state index contributed by atoms with van der Waals surface area (Å²) in [6, 6.07) is 6.94. The Morgan fingerprint density at radius 2 is 1.90 bits per heavy atom. The van der Waals surface area contributed by atoms with Crippen molar-refractivity contribution in [1.82, 2.24) is 0 Å². The van der Waals surface area contributed by atoms with Crippen LogP contribution in [-0.2, 0) is 10.0 Å². The average molecular weight is 411 g/mol. The number of benzene rings is 1. The molecule has 0 aliphatic heterocycles. The van der Waals surface area contributed by atoms with Gasteiger partial charge in [0, 0.05) is 7.05 Å². The maximum absolute atomic E-state index is 12.5. The Bertz CT molecular complexity index is 767. The molecular formula is C12H9BrClNO4S2. The van der Waals surface area contributed by atoms with Gasteiger partial charge in [-0.05, 0) is 46.3 Å². The number of hydrogen-bond acceptors (Lipinski definition) is 4. The Balaban J connectivity index is 2.38. The molecule has 0 radical (unpaired) electrons. The topological polar surface area (TPSA) is 74.7 Å². The van der Waals surface area contributed by atoms with Crippen molar-refractivity contribution in [3.63, 3.8) is 0 Å². The first-order chi connectivity index (χ1) is 9.73. The first-order valence-electron chi connectivity index (χ1n) is 5.50. The molecular weight excluding hydrogens is 402 g/mol. The highest BCUT2D eigenvalue weighted by atomic mass is 79.9. The minimum atomic E-state index is -3.74. The van der Waals surface area contributed by atoms with Gasteiger partial charge >= 0.3 is 5.97 Å². The second kappa shape index (κ2) is 5.96.